The Morgan fingerprint density at radius 3 is 2.65 bits per heavy atom. The van der Waals surface area contributed by atoms with Crippen molar-refractivity contribution >= 4 is 17.6 Å². The van der Waals surface area contributed by atoms with Crippen LogP contribution in [-0.4, -0.2) is 51.5 Å². The van der Waals surface area contributed by atoms with Crippen LogP contribution < -0.4 is 10.6 Å². The van der Waals surface area contributed by atoms with Crippen molar-refractivity contribution < 1.29 is 9.47 Å². The van der Waals surface area contributed by atoms with Crippen LogP contribution in [-0.2, 0) is 14.9 Å². The van der Waals surface area contributed by atoms with Crippen LogP contribution in [0.25, 0.3) is 0 Å². The fourth-order valence-corrected chi connectivity index (χ4v) is 3.27. The third-order valence-electron chi connectivity index (χ3n) is 5.00. The molecule has 1 aliphatic rings. The predicted octanol–water partition coefficient (Wildman–Crippen LogP) is 3.37. The van der Waals surface area contributed by atoms with Gasteiger partial charge in [-0.25, -0.2) is 0 Å². The van der Waals surface area contributed by atoms with Crippen molar-refractivity contribution in [2.45, 2.75) is 44.6 Å². The largest absolute Gasteiger partial charge is 0.381 e. The molecule has 1 fully saturated rings. The maximum Gasteiger partial charge on any atom is 0.191 e. The fourth-order valence-electron chi connectivity index (χ4n) is 3.08. The molecule has 1 aromatic rings. The van der Waals surface area contributed by atoms with Gasteiger partial charge < -0.3 is 20.1 Å². The third-order valence-corrected chi connectivity index (χ3v) is 5.23. The van der Waals surface area contributed by atoms with E-state index in [1.807, 2.05) is 26.0 Å². The summed E-state index contributed by atoms with van der Waals surface area (Å²) in [4.78, 5) is 4.69. The summed E-state index contributed by atoms with van der Waals surface area (Å²) in [5.74, 6) is 0.811. The average molecular weight is 382 g/mol. The minimum absolute atomic E-state index is 0.00385. The number of aliphatic imine (C=N–C) groups is 1. The molecule has 0 amide bonds. The SMILES string of the molecule is CCNC(=NCC(C)(C)OC)NCC1(c2cccc(Cl)c2)CCOCC1. The Balaban J connectivity index is 2.15. The van der Waals surface area contributed by atoms with E-state index in [0.717, 1.165) is 50.1 Å². The number of rotatable bonds is 7. The Labute approximate surface area is 162 Å². The molecule has 6 heteroatoms. The molecule has 1 aromatic carbocycles. The van der Waals surface area contributed by atoms with Gasteiger partial charge in [-0.2, -0.15) is 0 Å². The molecule has 0 aromatic heterocycles. The highest BCUT2D eigenvalue weighted by molar-refractivity contribution is 6.30. The van der Waals surface area contributed by atoms with Crippen LogP contribution in [0.4, 0.5) is 0 Å². The molecule has 0 atom stereocenters. The van der Waals surface area contributed by atoms with E-state index < -0.39 is 0 Å². The lowest BCUT2D eigenvalue weighted by atomic mass is 9.74. The normalized spacial score (nSPS) is 17.8. The Morgan fingerprint density at radius 2 is 2.04 bits per heavy atom. The second kappa shape index (κ2) is 9.58. The lowest BCUT2D eigenvalue weighted by molar-refractivity contribution is 0.0310. The van der Waals surface area contributed by atoms with Gasteiger partial charge >= 0.3 is 0 Å². The van der Waals surface area contributed by atoms with Crippen molar-refractivity contribution in [1.82, 2.24) is 10.6 Å². The van der Waals surface area contributed by atoms with Crippen molar-refractivity contribution in [1.29, 1.82) is 0 Å². The first-order valence-corrected chi connectivity index (χ1v) is 9.70. The molecular weight excluding hydrogens is 350 g/mol. The van der Waals surface area contributed by atoms with E-state index in [1.54, 1.807) is 7.11 Å². The Hall–Kier alpha value is -1.30. The van der Waals surface area contributed by atoms with Crippen molar-refractivity contribution in [3.63, 3.8) is 0 Å². The summed E-state index contributed by atoms with van der Waals surface area (Å²) >= 11 is 6.25. The molecule has 1 saturated heterocycles. The van der Waals surface area contributed by atoms with Gasteiger partial charge in [-0.15, -0.1) is 0 Å². The number of guanidine groups is 1. The summed E-state index contributed by atoms with van der Waals surface area (Å²) in [5.41, 5.74) is 0.968. The summed E-state index contributed by atoms with van der Waals surface area (Å²) in [6.07, 6.45) is 1.92. The molecule has 5 nitrogen and oxygen atoms in total. The minimum Gasteiger partial charge on any atom is -0.381 e. The molecule has 2 N–H and O–H groups in total. The molecule has 1 heterocycles. The van der Waals surface area contributed by atoms with Gasteiger partial charge in [0, 0.05) is 43.9 Å². The fraction of sp³-hybridized carbons (Fsp3) is 0.650. The number of ether oxygens (including phenoxy) is 2. The van der Waals surface area contributed by atoms with E-state index in [1.165, 1.54) is 5.56 Å². The zero-order valence-corrected chi connectivity index (χ0v) is 17.2. The zero-order chi connectivity index (χ0) is 19.0. The summed E-state index contributed by atoms with van der Waals surface area (Å²) in [7, 11) is 1.71. The predicted molar refractivity (Wildman–Crippen MR) is 108 cm³/mol. The van der Waals surface area contributed by atoms with Gasteiger partial charge in [-0.1, -0.05) is 23.7 Å². The molecule has 26 heavy (non-hydrogen) atoms. The molecule has 0 saturated carbocycles. The molecule has 0 radical (unpaired) electrons. The average Bonchev–Trinajstić information content (AvgIpc) is 2.65. The molecule has 0 aliphatic carbocycles. The topological polar surface area (TPSA) is 54.9 Å². The number of hydrogen-bond acceptors (Lipinski definition) is 3. The first-order chi connectivity index (χ1) is 12.4. The maximum absolute atomic E-state index is 6.25. The van der Waals surface area contributed by atoms with E-state index in [4.69, 9.17) is 26.1 Å². The van der Waals surface area contributed by atoms with Gasteiger partial charge in [0.25, 0.3) is 0 Å². The van der Waals surface area contributed by atoms with Crippen LogP contribution in [0.15, 0.2) is 29.3 Å². The van der Waals surface area contributed by atoms with E-state index in [9.17, 15) is 0 Å². The van der Waals surface area contributed by atoms with Gasteiger partial charge in [-0.3, -0.25) is 4.99 Å². The summed E-state index contributed by atoms with van der Waals surface area (Å²) in [6, 6.07) is 8.18. The Bertz CT molecular complexity index is 598. The molecule has 0 unspecified atom stereocenters. The van der Waals surface area contributed by atoms with E-state index in [0.29, 0.717) is 6.54 Å². The number of hydrogen-bond donors (Lipinski definition) is 2. The van der Waals surface area contributed by atoms with Crippen LogP contribution in [0.3, 0.4) is 0 Å². The Kier molecular flexibility index (Phi) is 7.74. The van der Waals surface area contributed by atoms with E-state index in [-0.39, 0.29) is 11.0 Å². The minimum atomic E-state index is -0.286. The van der Waals surface area contributed by atoms with Gasteiger partial charge in [0.1, 0.15) is 0 Å². The zero-order valence-electron chi connectivity index (χ0n) is 16.4. The smallest absolute Gasteiger partial charge is 0.191 e. The highest BCUT2D eigenvalue weighted by atomic mass is 35.5. The lowest BCUT2D eigenvalue weighted by Crippen LogP contribution is -2.48. The van der Waals surface area contributed by atoms with Crippen LogP contribution >= 0.6 is 11.6 Å². The van der Waals surface area contributed by atoms with Crippen molar-refractivity contribution in [3.8, 4) is 0 Å². The quantitative estimate of drug-likeness (QED) is 0.561. The lowest BCUT2D eigenvalue weighted by Gasteiger charge is -2.38. The van der Waals surface area contributed by atoms with Crippen molar-refractivity contribution in [2.24, 2.45) is 4.99 Å². The van der Waals surface area contributed by atoms with Gasteiger partial charge in [0.15, 0.2) is 5.96 Å². The number of methoxy groups -OCH3 is 1. The summed E-state index contributed by atoms with van der Waals surface area (Å²) in [5, 5.41) is 7.63. The molecule has 1 aliphatic heterocycles. The molecular formula is C20H32ClN3O2. The third kappa shape index (κ3) is 5.86. The monoisotopic (exact) mass is 381 g/mol. The number of nitrogens with one attached hydrogen (secondary N) is 2. The van der Waals surface area contributed by atoms with Crippen molar-refractivity contribution in [2.75, 3.05) is 40.0 Å². The first-order valence-electron chi connectivity index (χ1n) is 9.32. The molecule has 2 rings (SSSR count). The van der Waals surface area contributed by atoms with Crippen LogP contribution in [0, 0.1) is 0 Å². The maximum atomic E-state index is 6.25. The Morgan fingerprint density at radius 1 is 1.31 bits per heavy atom. The molecule has 0 spiro atoms. The molecule has 146 valence electrons. The van der Waals surface area contributed by atoms with Crippen LogP contribution in [0.5, 0.6) is 0 Å². The number of benzene rings is 1. The molecule has 0 bridgehead atoms. The highest BCUT2D eigenvalue weighted by Crippen LogP contribution is 2.35. The standard InChI is InChI=1S/C20H32ClN3O2/c1-5-22-18(23-14-19(2,3)25-4)24-15-20(9-11-26-12-10-20)16-7-6-8-17(21)13-16/h6-8,13H,5,9-12,14-15H2,1-4H3,(H2,22,23,24). The van der Waals surface area contributed by atoms with E-state index >= 15 is 0 Å². The van der Waals surface area contributed by atoms with Crippen molar-refractivity contribution in [3.05, 3.63) is 34.9 Å². The van der Waals surface area contributed by atoms with E-state index in [2.05, 4.69) is 29.7 Å². The van der Waals surface area contributed by atoms with Crippen LogP contribution in [0.1, 0.15) is 39.2 Å². The van der Waals surface area contributed by atoms with Gasteiger partial charge in [0.2, 0.25) is 0 Å². The first kappa shape index (κ1) is 21.0. The van der Waals surface area contributed by atoms with Gasteiger partial charge in [-0.05, 0) is 51.3 Å². The highest BCUT2D eigenvalue weighted by Gasteiger charge is 2.34. The second-order valence-corrected chi connectivity index (χ2v) is 7.85. The number of nitrogens with zero attached hydrogens (tertiary/aromatic N) is 1. The van der Waals surface area contributed by atoms with Gasteiger partial charge in [0.05, 0.1) is 12.1 Å². The second-order valence-electron chi connectivity index (χ2n) is 7.42. The van der Waals surface area contributed by atoms with Crippen LogP contribution in [0.2, 0.25) is 5.02 Å². The summed E-state index contributed by atoms with van der Waals surface area (Å²) in [6.45, 7) is 9.85. The summed E-state index contributed by atoms with van der Waals surface area (Å²) < 4.78 is 11.1. The number of halogens is 1.